The molecule has 0 saturated heterocycles. The molecule has 21 heteroatoms. The van der Waals surface area contributed by atoms with Crippen LogP contribution in [0, 0.1) is 68.6 Å². The first-order valence-electron chi connectivity index (χ1n) is 14.9. The van der Waals surface area contributed by atoms with Crippen LogP contribution < -0.4 is 10.4 Å². The predicted molar refractivity (Wildman–Crippen MR) is 191 cm³/mol. The normalized spacial score (nSPS) is 11.9. The van der Waals surface area contributed by atoms with Gasteiger partial charge in [0.15, 0.2) is 16.1 Å². The maximum absolute atomic E-state index is 11.7. The van der Waals surface area contributed by atoms with Crippen LogP contribution in [-0.4, -0.2) is 53.2 Å². The average Bonchev–Trinajstić information content (AvgIpc) is 3.96. The topological polar surface area (TPSA) is 131 Å². The molecule has 0 spiro atoms. The number of fused-ring (bicyclic) bond motifs is 3. The van der Waals surface area contributed by atoms with E-state index in [9.17, 15) is 68.3 Å². The van der Waals surface area contributed by atoms with Crippen LogP contribution >= 0.6 is 34.0 Å². The fourth-order valence-corrected chi connectivity index (χ4v) is 5.66. The Bertz CT molecular complexity index is 1990. The molecule has 2 aliphatic rings. The number of rotatable bonds is 9. The zero-order valence-electron chi connectivity index (χ0n) is 27.9. The molecule has 1 aromatic carbocycles. The minimum Gasteiger partial charge on any atom is -0.665 e. The Kier molecular flexibility index (Phi) is 18.9. The number of halogens is 9. The number of carbonyl (C=O) groups excluding carboxylic acids is 6. The smallest absolute Gasteiger partial charge is 0.665 e. The van der Waals surface area contributed by atoms with Gasteiger partial charge in [-0.3, -0.25) is 19.3 Å². The van der Waals surface area contributed by atoms with Crippen LogP contribution in [0.4, 0.5) is 50.9 Å². The summed E-state index contributed by atoms with van der Waals surface area (Å²) in [5.74, 6) is -9.13. The van der Waals surface area contributed by atoms with Gasteiger partial charge in [0.2, 0.25) is 0 Å². The number of Topliss-reactive ketones (excluding diaryl/α,β-unsaturated/α-hetero) is 6. The van der Waals surface area contributed by atoms with Crippen molar-refractivity contribution < 1.29 is 118 Å². The predicted octanol–water partition coefficient (Wildman–Crippen LogP) is 9.11. The number of allylic oxidation sites excluding steroid dienone is 2. The van der Waals surface area contributed by atoms with Crippen molar-refractivity contribution in [3.8, 4) is 0 Å². The molecule has 0 atom stereocenters. The molecule has 0 amide bonds. The van der Waals surface area contributed by atoms with Gasteiger partial charge in [-0.15, -0.1) is 11.4 Å². The molecule has 3 aromatic heterocycles. The summed E-state index contributed by atoms with van der Waals surface area (Å²) in [7, 11) is 0. The third-order valence-corrected chi connectivity index (χ3v) is 8.91. The first kappa shape index (κ1) is 48.9. The Morgan fingerprint density at radius 3 is 1.02 bits per heavy atom. The number of carbonyl (C=O) groups is 6. The maximum atomic E-state index is 11.7. The fraction of sp³-hybridized carbons (Fsp3) is 0.0833. The molecule has 4 aromatic rings. The molecule has 8 nitrogen and oxygen atoms in total. The van der Waals surface area contributed by atoms with E-state index in [1.165, 1.54) is 36.4 Å². The molecule has 2 aliphatic heterocycles. The van der Waals surface area contributed by atoms with Crippen LogP contribution in [0.25, 0.3) is 22.8 Å². The number of ketones is 6. The number of thiophene rings is 3. The summed E-state index contributed by atoms with van der Waals surface area (Å²) >= 11 is 2.95. The number of alkyl halides is 9. The second-order valence-corrected chi connectivity index (χ2v) is 13.1. The van der Waals surface area contributed by atoms with Gasteiger partial charge in [-0.05, 0) is 43.3 Å². The Morgan fingerprint density at radius 1 is 0.509 bits per heavy atom. The van der Waals surface area contributed by atoms with Gasteiger partial charge < -0.3 is 39.4 Å². The molecular formula is C36H20EuF9N2O6S3-2. The standard InChI is InChI=1S/C12H8N2.3C8H4F3O2S.Eu/c1-3-9-5-6-10-4-2-8-14-12(10)11(9)13-7-1;3*9-8(10,11)7(13)4-5(12)6-2-1-3-14-6;/h1-8H;3*1-4H;/q-2;3*-1;+3. The minimum atomic E-state index is -4.98. The van der Waals surface area contributed by atoms with Crippen molar-refractivity contribution in [3.63, 3.8) is 0 Å². The first-order chi connectivity index (χ1) is 26.2. The summed E-state index contributed by atoms with van der Waals surface area (Å²) in [6.45, 7) is 0. The summed E-state index contributed by atoms with van der Waals surface area (Å²) in [4.78, 5) is 64.5. The molecule has 0 bridgehead atoms. The maximum Gasteiger partial charge on any atom is 3.00 e. The average molecular weight is 996 g/mol. The summed E-state index contributed by atoms with van der Waals surface area (Å²) in [5.41, 5.74) is 1.95. The summed E-state index contributed by atoms with van der Waals surface area (Å²) in [6, 6.07) is 12.8. The van der Waals surface area contributed by atoms with Crippen molar-refractivity contribution in [1.82, 2.24) is 0 Å². The van der Waals surface area contributed by atoms with Gasteiger partial charge in [0.25, 0.3) is 0 Å². The number of benzene rings is 1. The van der Waals surface area contributed by atoms with Gasteiger partial charge in [-0.2, -0.15) is 70.1 Å². The first-order valence-corrected chi connectivity index (χ1v) is 17.5. The van der Waals surface area contributed by atoms with Crippen molar-refractivity contribution in [2.75, 3.05) is 0 Å². The zero-order chi connectivity index (χ0) is 41.7. The van der Waals surface area contributed by atoms with Gasteiger partial charge in [0, 0.05) is 34.0 Å². The molecule has 0 aliphatic carbocycles. The van der Waals surface area contributed by atoms with E-state index in [0.717, 1.165) is 55.8 Å². The van der Waals surface area contributed by atoms with E-state index >= 15 is 0 Å². The monoisotopic (exact) mass is 996 g/mol. The SMILES string of the molecule is C1=C[N-]c2c3c(ccc2=C1)=CC=C[N-]3.O=C([CH-]C(=O)C(F)(F)F)[c-]1ccc[s+]1.O=C([CH-]C(=O)C(F)(F)F)[c-]1ccc[s+]1.O=C([CH-]C(=O)C(F)(F)F)[c-]1ccc[s+]1.[Eu+3]. The van der Waals surface area contributed by atoms with Crippen LogP contribution in [0.15, 0.2) is 89.2 Å². The summed E-state index contributed by atoms with van der Waals surface area (Å²) < 4.78 is 105. The van der Waals surface area contributed by atoms with E-state index in [1.54, 1.807) is 28.5 Å². The second kappa shape index (κ2) is 22.0. The largest absolute Gasteiger partial charge is 3.00 e. The molecule has 6 rings (SSSR count). The molecule has 5 heterocycles. The van der Waals surface area contributed by atoms with Crippen molar-refractivity contribution >= 4 is 92.2 Å². The van der Waals surface area contributed by atoms with Crippen molar-refractivity contribution in [3.05, 3.63) is 144 Å². The third-order valence-electron chi connectivity index (χ3n) is 6.26. The van der Waals surface area contributed by atoms with Crippen molar-refractivity contribution in [2.45, 2.75) is 18.5 Å². The number of nitrogens with zero attached hydrogens (tertiary/aromatic N) is 2. The van der Waals surface area contributed by atoms with Gasteiger partial charge >= 0.3 is 67.9 Å². The van der Waals surface area contributed by atoms with Crippen molar-refractivity contribution in [2.24, 2.45) is 0 Å². The molecule has 0 saturated carbocycles. The van der Waals surface area contributed by atoms with Crippen LogP contribution in [0.2, 0.25) is 0 Å². The molecule has 0 N–H and O–H groups in total. The minimum absolute atomic E-state index is 0. The molecular weight excluding hydrogens is 976 g/mol. The van der Waals surface area contributed by atoms with E-state index in [4.69, 9.17) is 0 Å². The molecule has 0 fully saturated rings. The van der Waals surface area contributed by atoms with E-state index in [1.807, 2.05) is 12.2 Å². The zero-order valence-corrected chi connectivity index (χ0v) is 32.8. The third kappa shape index (κ3) is 15.9. The summed E-state index contributed by atoms with van der Waals surface area (Å²) in [5, 5.41) is 15.6. The Balaban J connectivity index is 0.000000261. The Labute approximate surface area is 369 Å². The molecule has 0 unspecified atom stereocenters. The van der Waals surface area contributed by atoms with Gasteiger partial charge in [0.1, 0.15) is 17.3 Å². The molecule has 0 radical (unpaired) electrons. The van der Waals surface area contributed by atoms with E-state index in [0.29, 0.717) is 0 Å². The fourth-order valence-electron chi connectivity index (χ4n) is 3.75. The van der Waals surface area contributed by atoms with Crippen molar-refractivity contribution in [1.29, 1.82) is 0 Å². The van der Waals surface area contributed by atoms with E-state index < -0.39 is 53.2 Å². The Morgan fingerprint density at radius 2 is 0.789 bits per heavy atom. The van der Waals surface area contributed by atoms with Crippen LogP contribution in [0.5, 0.6) is 0 Å². The summed E-state index contributed by atoms with van der Waals surface area (Å²) in [6.07, 6.45) is -3.16. The molecule has 300 valence electrons. The van der Waals surface area contributed by atoms with Gasteiger partial charge in [-0.1, -0.05) is 53.8 Å². The number of hydrogen-bond donors (Lipinski definition) is 0. The van der Waals surface area contributed by atoms with E-state index in [2.05, 4.69) is 34.9 Å². The second-order valence-electron chi connectivity index (χ2n) is 10.3. The van der Waals surface area contributed by atoms with Gasteiger partial charge in [-0.25, -0.2) is 0 Å². The molecule has 57 heavy (non-hydrogen) atoms. The quantitative estimate of drug-likeness (QED) is 0.0541. The van der Waals surface area contributed by atoms with Crippen LogP contribution in [-0.2, 0) is 14.4 Å². The Hall–Kier alpha value is -4.28. The van der Waals surface area contributed by atoms with Gasteiger partial charge in [0.05, 0.1) is 0 Å². The number of hydrogen-bond acceptors (Lipinski definition) is 6. The van der Waals surface area contributed by atoms with Crippen LogP contribution in [0.1, 0.15) is 29.0 Å². The van der Waals surface area contributed by atoms with Crippen LogP contribution in [0.3, 0.4) is 0 Å². The van der Waals surface area contributed by atoms with E-state index in [-0.39, 0.29) is 83.3 Å².